The van der Waals surface area contributed by atoms with Crippen LogP contribution in [0.3, 0.4) is 0 Å². The Bertz CT molecular complexity index is 1140. The number of phenolic OH excluding ortho intramolecular Hbond substituents is 2. The number of nitrogens with zero attached hydrogens (tertiary/aromatic N) is 3. The van der Waals surface area contributed by atoms with Gasteiger partial charge >= 0.3 is 7.12 Å². The van der Waals surface area contributed by atoms with Crippen molar-refractivity contribution >= 4 is 23.7 Å². The average Bonchev–Trinajstić information content (AvgIpc) is 3.19. The number of aromatic nitrogens is 2. The molecule has 0 saturated carbocycles. The third-order valence-electron chi connectivity index (χ3n) is 7.20. The first-order valence-corrected chi connectivity index (χ1v) is 12.2. The summed E-state index contributed by atoms with van der Waals surface area (Å²) in [6, 6.07) is 9.25. The Morgan fingerprint density at radius 1 is 1.06 bits per heavy atom. The summed E-state index contributed by atoms with van der Waals surface area (Å²) in [5.74, 6) is 0.182. The predicted octanol–water partition coefficient (Wildman–Crippen LogP) is 3.42. The van der Waals surface area contributed by atoms with E-state index in [1.165, 1.54) is 0 Å². The highest BCUT2D eigenvalue weighted by Gasteiger charge is 2.31. The highest BCUT2D eigenvalue weighted by Crippen LogP contribution is 2.31. The number of hydrogen-bond acceptors (Lipinski definition) is 6. The second-order valence-electron chi connectivity index (χ2n) is 10.2. The minimum absolute atomic E-state index is 0.0365. The zero-order valence-electron chi connectivity index (χ0n) is 20.7. The first-order valence-electron chi connectivity index (χ1n) is 12.2. The molecule has 3 N–H and O–H groups in total. The van der Waals surface area contributed by atoms with Crippen molar-refractivity contribution in [1.82, 2.24) is 14.5 Å². The van der Waals surface area contributed by atoms with Gasteiger partial charge in [-0.3, -0.25) is 4.90 Å². The van der Waals surface area contributed by atoms with Crippen LogP contribution in [0, 0.1) is 5.92 Å². The smallest absolute Gasteiger partial charge is 0.504 e. The summed E-state index contributed by atoms with van der Waals surface area (Å²) >= 11 is 0. The van der Waals surface area contributed by atoms with E-state index >= 15 is 0 Å². The monoisotopic (exact) mass is 465 g/mol. The van der Waals surface area contributed by atoms with Crippen molar-refractivity contribution in [3.05, 3.63) is 47.7 Å². The largest absolute Gasteiger partial charge is 0.511 e. The van der Waals surface area contributed by atoms with Crippen molar-refractivity contribution in [1.29, 1.82) is 0 Å². The molecule has 0 saturated heterocycles. The lowest BCUT2D eigenvalue weighted by atomic mass is 9.81. The molecule has 8 heteroatoms. The maximum atomic E-state index is 10.6. The van der Waals surface area contributed by atoms with E-state index in [1.807, 2.05) is 26.0 Å². The van der Waals surface area contributed by atoms with Crippen LogP contribution in [0.1, 0.15) is 51.7 Å². The Morgan fingerprint density at radius 2 is 1.76 bits per heavy atom. The van der Waals surface area contributed by atoms with E-state index in [-0.39, 0.29) is 17.4 Å². The molecule has 0 aliphatic carbocycles. The van der Waals surface area contributed by atoms with Crippen LogP contribution in [-0.4, -0.2) is 55.5 Å². The van der Waals surface area contributed by atoms with Crippen LogP contribution in [0.25, 0.3) is 11.0 Å². The minimum Gasteiger partial charge on any atom is -0.504 e. The van der Waals surface area contributed by atoms with Crippen LogP contribution < -0.4 is 5.59 Å². The van der Waals surface area contributed by atoms with Gasteiger partial charge < -0.3 is 24.5 Å². The number of rotatable bonds is 9. The summed E-state index contributed by atoms with van der Waals surface area (Å²) in [4.78, 5) is 7.12. The lowest BCUT2D eigenvalue weighted by Crippen LogP contribution is -2.45. The van der Waals surface area contributed by atoms with Crippen molar-refractivity contribution in [3.8, 4) is 11.5 Å². The molecule has 1 aliphatic heterocycles. The molecule has 2 aromatic heterocycles. The molecule has 0 bridgehead atoms. The highest BCUT2D eigenvalue weighted by molar-refractivity contribution is 6.59. The Hall–Kier alpha value is -2.55. The van der Waals surface area contributed by atoms with Gasteiger partial charge in [-0.15, -0.1) is 0 Å². The molecule has 1 aromatic carbocycles. The molecule has 1 aliphatic rings. The fraction of sp³-hybridized carbons (Fsp3) is 0.500. The predicted molar refractivity (Wildman–Crippen MR) is 135 cm³/mol. The Balaban J connectivity index is 1.33. The fourth-order valence-corrected chi connectivity index (χ4v) is 4.33. The molecular formula is C26H36BN3O4. The Labute approximate surface area is 202 Å². The lowest BCUT2D eigenvalue weighted by molar-refractivity contribution is 0.0421. The third kappa shape index (κ3) is 5.40. The van der Waals surface area contributed by atoms with E-state index < -0.39 is 12.7 Å². The summed E-state index contributed by atoms with van der Waals surface area (Å²) < 4.78 is 8.05. The van der Waals surface area contributed by atoms with E-state index in [1.54, 1.807) is 12.1 Å². The number of hydrogen-bond donors (Lipinski definition) is 3. The maximum Gasteiger partial charge on any atom is 0.511 e. The molecule has 0 unspecified atom stereocenters. The third-order valence-corrected chi connectivity index (χ3v) is 7.20. The van der Waals surface area contributed by atoms with Crippen LogP contribution in [0.5, 0.6) is 11.5 Å². The molecule has 0 spiro atoms. The van der Waals surface area contributed by atoms with Gasteiger partial charge in [0.25, 0.3) is 0 Å². The molecule has 0 amide bonds. The van der Waals surface area contributed by atoms with Crippen molar-refractivity contribution in [3.63, 3.8) is 0 Å². The lowest BCUT2D eigenvalue weighted by Gasteiger charge is -2.31. The molecule has 0 atom stereocenters. The standard InChI is InChI=1S/C26H36BN3O4/c1-18(2)26(3,4)34-27(33)24-8-7-19-10-14-30(25(19)28-24)12-6-5-11-29-13-9-20-15-22(31)23(32)16-21(20)17-29/h7-8,10,14-16,18,31-33H,5-6,9,11-13,17H2,1-4H3. The summed E-state index contributed by atoms with van der Waals surface area (Å²) in [5, 5.41) is 31.2. The molecule has 7 nitrogen and oxygen atoms in total. The maximum absolute atomic E-state index is 10.6. The molecule has 3 aromatic rings. The molecule has 3 heterocycles. The first kappa shape index (κ1) is 24.6. The van der Waals surface area contributed by atoms with E-state index in [0.717, 1.165) is 67.6 Å². The molecule has 34 heavy (non-hydrogen) atoms. The molecule has 4 rings (SSSR count). The van der Waals surface area contributed by atoms with E-state index in [4.69, 9.17) is 9.64 Å². The van der Waals surface area contributed by atoms with E-state index in [0.29, 0.717) is 5.59 Å². The van der Waals surface area contributed by atoms with Crippen LogP contribution in [0.2, 0.25) is 0 Å². The zero-order valence-corrected chi connectivity index (χ0v) is 20.7. The first-order chi connectivity index (χ1) is 16.1. The topological polar surface area (TPSA) is 91.0 Å². The number of aromatic hydroxyl groups is 2. The van der Waals surface area contributed by atoms with Gasteiger partial charge in [0.05, 0.1) is 11.2 Å². The van der Waals surface area contributed by atoms with Gasteiger partial charge in [0.2, 0.25) is 0 Å². The summed E-state index contributed by atoms with van der Waals surface area (Å²) in [6.07, 6.45) is 5.00. The Morgan fingerprint density at radius 3 is 2.50 bits per heavy atom. The van der Waals surface area contributed by atoms with Gasteiger partial charge in [-0.2, -0.15) is 0 Å². The normalized spacial score (nSPS) is 14.6. The van der Waals surface area contributed by atoms with Gasteiger partial charge in [-0.25, -0.2) is 4.98 Å². The number of benzene rings is 1. The number of aryl methyl sites for hydroxylation is 1. The molecule has 0 radical (unpaired) electrons. The number of unbranched alkanes of at least 4 members (excludes halogenated alkanes) is 1. The molecular weight excluding hydrogens is 429 g/mol. The van der Waals surface area contributed by atoms with Crippen LogP contribution in [0.15, 0.2) is 36.5 Å². The number of phenols is 2. The van der Waals surface area contributed by atoms with E-state index in [9.17, 15) is 15.2 Å². The van der Waals surface area contributed by atoms with Crippen molar-refractivity contribution in [2.24, 2.45) is 5.92 Å². The Kier molecular flexibility index (Phi) is 7.21. The van der Waals surface area contributed by atoms with Crippen molar-refractivity contribution < 1.29 is 19.9 Å². The quantitative estimate of drug-likeness (QED) is 0.255. The van der Waals surface area contributed by atoms with E-state index in [2.05, 4.69) is 35.6 Å². The summed E-state index contributed by atoms with van der Waals surface area (Å²) in [5.41, 5.74) is 3.16. The average molecular weight is 465 g/mol. The van der Waals surface area contributed by atoms with Crippen molar-refractivity contribution in [2.45, 2.75) is 65.6 Å². The van der Waals surface area contributed by atoms with Gasteiger partial charge in [0.15, 0.2) is 11.5 Å². The number of pyridine rings is 1. The number of fused-ring (bicyclic) bond motifs is 2. The molecule has 0 fully saturated rings. The van der Waals surface area contributed by atoms with Gasteiger partial charge in [0, 0.05) is 31.2 Å². The van der Waals surface area contributed by atoms with Crippen molar-refractivity contribution in [2.75, 3.05) is 13.1 Å². The van der Waals surface area contributed by atoms with Crippen LogP contribution >= 0.6 is 0 Å². The van der Waals surface area contributed by atoms with Gasteiger partial charge in [-0.05, 0) is 81.0 Å². The summed E-state index contributed by atoms with van der Waals surface area (Å²) in [6.45, 7) is 11.7. The molecule has 182 valence electrons. The van der Waals surface area contributed by atoms with Crippen LogP contribution in [-0.2, 0) is 24.2 Å². The van der Waals surface area contributed by atoms with Gasteiger partial charge in [0.1, 0.15) is 5.65 Å². The van der Waals surface area contributed by atoms with Crippen LogP contribution in [0.4, 0.5) is 0 Å². The second kappa shape index (κ2) is 9.98. The fourth-order valence-electron chi connectivity index (χ4n) is 4.33. The van der Waals surface area contributed by atoms with Gasteiger partial charge in [-0.1, -0.05) is 19.9 Å². The SMILES string of the molecule is CC(C)C(C)(C)OB(O)c1ccc2ccn(CCCCN3CCc4cc(O)c(O)cc4C3)c2n1. The second-order valence-corrected chi connectivity index (χ2v) is 10.2. The zero-order chi connectivity index (χ0) is 24.5. The minimum atomic E-state index is -1.06. The highest BCUT2D eigenvalue weighted by atomic mass is 16.5. The summed E-state index contributed by atoms with van der Waals surface area (Å²) in [7, 11) is -1.06.